The lowest BCUT2D eigenvalue weighted by Gasteiger charge is -2.21. The Bertz CT molecular complexity index is 1010. The summed E-state index contributed by atoms with van der Waals surface area (Å²) in [6.07, 6.45) is 2.57. The Morgan fingerprint density at radius 2 is 1.55 bits per heavy atom. The van der Waals surface area contributed by atoms with E-state index in [2.05, 4.69) is 86.3 Å². The van der Waals surface area contributed by atoms with Crippen LogP contribution in [0.4, 0.5) is 5.69 Å². The zero-order chi connectivity index (χ0) is 21.8. The lowest BCUT2D eigenvalue weighted by Crippen LogP contribution is -2.17. The summed E-state index contributed by atoms with van der Waals surface area (Å²) < 4.78 is 5.89. The van der Waals surface area contributed by atoms with E-state index in [1.165, 1.54) is 35.2 Å². The second-order valence-corrected chi connectivity index (χ2v) is 9.35. The summed E-state index contributed by atoms with van der Waals surface area (Å²) in [5, 5.41) is 9.26. The van der Waals surface area contributed by atoms with Gasteiger partial charge in [0.2, 0.25) is 0 Å². The van der Waals surface area contributed by atoms with Gasteiger partial charge in [-0.05, 0) is 64.8 Å². The average molecular weight is 416 g/mol. The Balaban J connectivity index is 1.71. The largest absolute Gasteiger partial charge is 0.491 e. The number of ether oxygens (including phenoxy) is 1. The van der Waals surface area contributed by atoms with Crippen molar-refractivity contribution >= 4 is 5.69 Å². The highest BCUT2D eigenvalue weighted by Gasteiger charge is 2.16. The highest BCUT2D eigenvalue weighted by molar-refractivity contribution is 5.78. The first-order valence-corrected chi connectivity index (χ1v) is 11.3. The smallest absolute Gasteiger partial charge is 0.127 e. The van der Waals surface area contributed by atoms with Gasteiger partial charge in [-0.3, -0.25) is 0 Å². The van der Waals surface area contributed by atoms with Crippen molar-refractivity contribution in [2.45, 2.75) is 39.0 Å². The number of anilines is 1. The molecule has 0 atom stereocenters. The fraction of sp³-hybridized carbons (Fsp3) is 0.357. The van der Waals surface area contributed by atoms with Crippen molar-refractivity contribution < 1.29 is 9.84 Å². The van der Waals surface area contributed by atoms with E-state index in [9.17, 15) is 5.11 Å². The molecule has 1 saturated heterocycles. The Morgan fingerprint density at radius 3 is 2.23 bits per heavy atom. The van der Waals surface area contributed by atoms with Crippen LogP contribution in [-0.2, 0) is 5.41 Å². The molecule has 31 heavy (non-hydrogen) atoms. The molecule has 3 heteroatoms. The molecule has 3 nitrogen and oxygen atoms in total. The van der Waals surface area contributed by atoms with Crippen molar-refractivity contribution in [3.8, 4) is 28.0 Å². The van der Waals surface area contributed by atoms with Crippen molar-refractivity contribution in [1.82, 2.24) is 0 Å². The molecular weight excluding hydrogens is 382 g/mol. The molecule has 3 aromatic rings. The van der Waals surface area contributed by atoms with E-state index < -0.39 is 0 Å². The van der Waals surface area contributed by atoms with Crippen LogP contribution in [0.2, 0.25) is 0 Å². The van der Waals surface area contributed by atoms with Crippen LogP contribution in [0.3, 0.4) is 0 Å². The topological polar surface area (TPSA) is 32.7 Å². The van der Waals surface area contributed by atoms with Crippen LogP contribution in [0, 0.1) is 0 Å². The fourth-order valence-corrected chi connectivity index (χ4v) is 4.21. The van der Waals surface area contributed by atoms with E-state index in [1.54, 1.807) is 0 Å². The first kappa shape index (κ1) is 21.5. The van der Waals surface area contributed by atoms with Crippen LogP contribution >= 0.6 is 0 Å². The maximum absolute atomic E-state index is 9.26. The van der Waals surface area contributed by atoms with Gasteiger partial charge in [-0.15, -0.1) is 0 Å². The van der Waals surface area contributed by atoms with Gasteiger partial charge in [-0.2, -0.15) is 0 Å². The minimum absolute atomic E-state index is 0.00117. The van der Waals surface area contributed by atoms with Crippen molar-refractivity contribution in [1.29, 1.82) is 0 Å². The molecule has 1 aliphatic rings. The highest BCUT2D eigenvalue weighted by Crippen LogP contribution is 2.37. The Hall–Kier alpha value is -2.78. The standard InChI is InChI=1S/C28H33NO2/c1-28(2,3)24-8-6-7-23(19-24)26-20-22(11-14-27(26)31-18-17-30)21-9-12-25(13-10-21)29-15-4-5-16-29/h6-14,19-20,30H,4-5,15-18H2,1-3H3. The van der Waals surface area contributed by atoms with Gasteiger partial charge in [0.1, 0.15) is 12.4 Å². The fourth-order valence-electron chi connectivity index (χ4n) is 4.21. The van der Waals surface area contributed by atoms with E-state index in [0.717, 1.165) is 30.0 Å². The maximum Gasteiger partial charge on any atom is 0.127 e. The van der Waals surface area contributed by atoms with Gasteiger partial charge in [0, 0.05) is 24.3 Å². The third-order valence-electron chi connectivity index (χ3n) is 6.04. The van der Waals surface area contributed by atoms with Gasteiger partial charge in [0.25, 0.3) is 0 Å². The van der Waals surface area contributed by atoms with E-state index in [4.69, 9.17) is 4.74 Å². The third-order valence-corrected chi connectivity index (χ3v) is 6.04. The molecule has 1 N–H and O–H groups in total. The summed E-state index contributed by atoms with van der Waals surface area (Å²) in [4.78, 5) is 2.46. The van der Waals surface area contributed by atoms with Crippen molar-refractivity contribution in [2.75, 3.05) is 31.2 Å². The molecule has 1 heterocycles. The van der Waals surface area contributed by atoms with Crippen LogP contribution in [0.25, 0.3) is 22.3 Å². The predicted molar refractivity (Wildman–Crippen MR) is 130 cm³/mol. The van der Waals surface area contributed by atoms with Gasteiger partial charge < -0.3 is 14.7 Å². The van der Waals surface area contributed by atoms with Gasteiger partial charge in [0.15, 0.2) is 0 Å². The molecule has 0 spiro atoms. The molecule has 4 rings (SSSR count). The first-order chi connectivity index (χ1) is 15.0. The first-order valence-electron chi connectivity index (χ1n) is 11.3. The minimum atomic E-state index is 0.00117. The SMILES string of the molecule is CC(C)(C)c1cccc(-c2cc(-c3ccc(N4CCCC4)cc3)ccc2OCCO)c1. The van der Waals surface area contributed by atoms with Crippen LogP contribution in [0.5, 0.6) is 5.75 Å². The summed E-state index contributed by atoms with van der Waals surface area (Å²) in [7, 11) is 0. The third kappa shape index (κ3) is 4.94. The molecule has 0 unspecified atom stereocenters. The Labute approximate surface area is 186 Å². The average Bonchev–Trinajstić information content (AvgIpc) is 3.32. The second kappa shape index (κ2) is 9.15. The zero-order valence-electron chi connectivity index (χ0n) is 18.9. The molecule has 0 aliphatic carbocycles. The number of hydrogen-bond donors (Lipinski definition) is 1. The van der Waals surface area contributed by atoms with Crippen LogP contribution in [-0.4, -0.2) is 31.4 Å². The summed E-state index contributed by atoms with van der Waals surface area (Å²) in [5.74, 6) is 0.803. The van der Waals surface area contributed by atoms with Gasteiger partial charge in [0.05, 0.1) is 6.61 Å². The van der Waals surface area contributed by atoms with E-state index in [0.29, 0.717) is 0 Å². The maximum atomic E-state index is 9.26. The van der Waals surface area contributed by atoms with Gasteiger partial charge in [-0.25, -0.2) is 0 Å². The number of aliphatic hydroxyl groups is 1. The van der Waals surface area contributed by atoms with Crippen molar-refractivity contribution in [3.05, 3.63) is 72.3 Å². The van der Waals surface area contributed by atoms with E-state index in [1.807, 2.05) is 6.07 Å². The molecular formula is C28H33NO2. The molecule has 0 aromatic heterocycles. The molecule has 1 fully saturated rings. The highest BCUT2D eigenvalue weighted by atomic mass is 16.5. The van der Waals surface area contributed by atoms with Crippen LogP contribution in [0.15, 0.2) is 66.7 Å². The quantitative estimate of drug-likeness (QED) is 0.513. The van der Waals surface area contributed by atoms with Gasteiger partial charge >= 0.3 is 0 Å². The van der Waals surface area contributed by atoms with Gasteiger partial charge in [-0.1, -0.05) is 63.2 Å². The molecule has 0 bridgehead atoms. The van der Waals surface area contributed by atoms with Crippen LogP contribution in [0.1, 0.15) is 39.2 Å². The number of benzene rings is 3. The predicted octanol–water partition coefficient (Wildman–Crippen LogP) is 6.29. The molecule has 162 valence electrons. The zero-order valence-corrected chi connectivity index (χ0v) is 18.9. The number of aliphatic hydroxyl groups excluding tert-OH is 1. The lowest BCUT2D eigenvalue weighted by atomic mass is 9.85. The molecule has 0 saturated carbocycles. The molecule has 1 aliphatic heterocycles. The van der Waals surface area contributed by atoms with Crippen LogP contribution < -0.4 is 9.64 Å². The minimum Gasteiger partial charge on any atom is -0.491 e. The summed E-state index contributed by atoms with van der Waals surface area (Å²) >= 11 is 0. The second-order valence-electron chi connectivity index (χ2n) is 9.35. The summed E-state index contributed by atoms with van der Waals surface area (Å²) in [6.45, 7) is 9.29. The lowest BCUT2D eigenvalue weighted by molar-refractivity contribution is 0.202. The normalized spacial score (nSPS) is 14.1. The van der Waals surface area contributed by atoms with E-state index in [-0.39, 0.29) is 18.6 Å². The van der Waals surface area contributed by atoms with Crippen molar-refractivity contribution in [2.24, 2.45) is 0 Å². The Morgan fingerprint density at radius 1 is 0.839 bits per heavy atom. The molecule has 0 radical (unpaired) electrons. The number of rotatable bonds is 6. The molecule has 0 amide bonds. The van der Waals surface area contributed by atoms with Crippen molar-refractivity contribution in [3.63, 3.8) is 0 Å². The monoisotopic (exact) mass is 415 g/mol. The Kier molecular flexibility index (Phi) is 6.33. The number of nitrogens with zero attached hydrogens (tertiary/aromatic N) is 1. The van der Waals surface area contributed by atoms with E-state index >= 15 is 0 Å². The molecule has 3 aromatic carbocycles. The summed E-state index contributed by atoms with van der Waals surface area (Å²) in [6, 6.07) is 23.9. The summed E-state index contributed by atoms with van der Waals surface area (Å²) in [5.41, 5.74) is 7.23. The number of hydrogen-bond acceptors (Lipinski definition) is 3.